The summed E-state index contributed by atoms with van der Waals surface area (Å²) in [4.78, 5) is 14.0. The van der Waals surface area contributed by atoms with Crippen LogP contribution in [0.1, 0.15) is 55.2 Å². The number of hydrogen-bond donors (Lipinski definition) is 1. The number of carbonyl (C=O) groups is 1. The third-order valence-corrected chi connectivity index (χ3v) is 5.46. The lowest BCUT2D eigenvalue weighted by atomic mass is 10.1. The molecule has 1 saturated carbocycles. The van der Waals surface area contributed by atoms with Crippen LogP contribution in [0.25, 0.3) is 0 Å². The van der Waals surface area contributed by atoms with Crippen molar-refractivity contribution in [3.8, 4) is 0 Å². The summed E-state index contributed by atoms with van der Waals surface area (Å²) < 4.78 is 6.01. The van der Waals surface area contributed by atoms with Crippen LogP contribution < -0.4 is 5.32 Å². The predicted octanol–water partition coefficient (Wildman–Crippen LogP) is 3.86. The summed E-state index contributed by atoms with van der Waals surface area (Å²) in [6.07, 6.45) is 2.90. The standard InChI is InChI=1S/C21H26N2O2/c1-15-12-18(15)20-10-9-17(25-20)13-22-19(16-6-3-2-4-7-16)14-23-11-5-8-21(23)24/h2-4,6-7,9-10,15,18-19,22H,5,8,11-14H2,1H3/t15-,18-,19+/m1/s1. The Morgan fingerprint density at radius 3 is 2.72 bits per heavy atom. The van der Waals surface area contributed by atoms with E-state index in [2.05, 4.69) is 48.6 Å². The van der Waals surface area contributed by atoms with E-state index in [1.807, 2.05) is 11.0 Å². The lowest BCUT2D eigenvalue weighted by Crippen LogP contribution is -2.35. The largest absolute Gasteiger partial charge is 0.464 e. The zero-order chi connectivity index (χ0) is 17.2. The zero-order valence-corrected chi connectivity index (χ0v) is 14.8. The van der Waals surface area contributed by atoms with Crippen LogP contribution in [-0.2, 0) is 11.3 Å². The molecule has 3 atom stereocenters. The number of likely N-dealkylation sites (tertiary alicyclic amines) is 1. The smallest absolute Gasteiger partial charge is 0.222 e. The van der Waals surface area contributed by atoms with Gasteiger partial charge in [0.15, 0.2) is 0 Å². The second-order valence-electron chi connectivity index (χ2n) is 7.41. The van der Waals surface area contributed by atoms with Crippen LogP contribution in [0.5, 0.6) is 0 Å². The molecule has 2 aromatic rings. The Morgan fingerprint density at radius 1 is 1.24 bits per heavy atom. The van der Waals surface area contributed by atoms with Crippen molar-refractivity contribution in [2.24, 2.45) is 5.92 Å². The maximum Gasteiger partial charge on any atom is 0.222 e. The van der Waals surface area contributed by atoms with Crippen LogP contribution >= 0.6 is 0 Å². The zero-order valence-electron chi connectivity index (χ0n) is 14.8. The lowest BCUT2D eigenvalue weighted by Gasteiger charge is -2.25. The summed E-state index contributed by atoms with van der Waals surface area (Å²) in [7, 11) is 0. The predicted molar refractivity (Wildman–Crippen MR) is 97.1 cm³/mol. The number of benzene rings is 1. The van der Waals surface area contributed by atoms with Gasteiger partial charge in [-0.05, 0) is 36.5 Å². The first-order valence-electron chi connectivity index (χ1n) is 9.35. The molecule has 4 nitrogen and oxygen atoms in total. The molecular formula is C21H26N2O2. The van der Waals surface area contributed by atoms with Gasteiger partial charge in [0.25, 0.3) is 0 Å². The lowest BCUT2D eigenvalue weighted by molar-refractivity contribution is -0.128. The van der Waals surface area contributed by atoms with E-state index < -0.39 is 0 Å². The second kappa shape index (κ2) is 7.04. The van der Waals surface area contributed by atoms with Gasteiger partial charge < -0.3 is 14.6 Å². The van der Waals surface area contributed by atoms with Gasteiger partial charge in [-0.15, -0.1) is 0 Å². The number of rotatable bonds is 7. The minimum Gasteiger partial charge on any atom is -0.464 e. The van der Waals surface area contributed by atoms with Gasteiger partial charge in [-0.2, -0.15) is 0 Å². The molecule has 1 N–H and O–H groups in total. The van der Waals surface area contributed by atoms with Gasteiger partial charge in [-0.1, -0.05) is 37.3 Å². The molecule has 2 fully saturated rings. The first kappa shape index (κ1) is 16.4. The molecule has 0 unspecified atom stereocenters. The van der Waals surface area contributed by atoms with E-state index >= 15 is 0 Å². The van der Waals surface area contributed by atoms with Crippen molar-refractivity contribution in [1.82, 2.24) is 10.2 Å². The first-order valence-corrected chi connectivity index (χ1v) is 9.35. The Kier molecular flexibility index (Phi) is 4.62. The van der Waals surface area contributed by atoms with Gasteiger partial charge in [0.2, 0.25) is 5.91 Å². The number of nitrogens with zero attached hydrogens (tertiary/aromatic N) is 1. The van der Waals surface area contributed by atoms with Gasteiger partial charge in [0.05, 0.1) is 12.6 Å². The van der Waals surface area contributed by atoms with Gasteiger partial charge in [0.1, 0.15) is 11.5 Å². The molecule has 4 rings (SSSR count). The Morgan fingerprint density at radius 2 is 2.04 bits per heavy atom. The second-order valence-corrected chi connectivity index (χ2v) is 7.41. The summed E-state index contributed by atoms with van der Waals surface area (Å²) in [5, 5.41) is 3.60. The number of hydrogen-bond acceptors (Lipinski definition) is 3. The Balaban J connectivity index is 1.42. The molecule has 1 saturated heterocycles. The molecule has 1 aliphatic heterocycles. The van der Waals surface area contributed by atoms with Crippen molar-refractivity contribution in [2.45, 2.75) is 44.7 Å². The molecule has 0 bridgehead atoms. The molecule has 1 amide bonds. The van der Waals surface area contributed by atoms with Crippen LogP contribution in [0.3, 0.4) is 0 Å². The topological polar surface area (TPSA) is 45.5 Å². The monoisotopic (exact) mass is 338 g/mol. The number of nitrogens with one attached hydrogen (secondary N) is 1. The van der Waals surface area contributed by atoms with E-state index in [0.29, 0.717) is 18.9 Å². The van der Waals surface area contributed by atoms with Crippen molar-refractivity contribution in [3.05, 3.63) is 59.5 Å². The number of furan rings is 1. The average Bonchev–Trinajstić information content (AvgIpc) is 3.00. The Bertz CT molecular complexity index is 725. The van der Waals surface area contributed by atoms with Crippen molar-refractivity contribution >= 4 is 5.91 Å². The Labute approximate surface area is 149 Å². The van der Waals surface area contributed by atoms with E-state index in [-0.39, 0.29) is 11.9 Å². The average molecular weight is 338 g/mol. The van der Waals surface area contributed by atoms with Gasteiger partial charge in [-0.3, -0.25) is 4.79 Å². The summed E-state index contributed by atoms with van der Waals surface area (Å²) >= 11 is 0. The minimum atomic E-state index is 0.122. The highest BCUT2D eigenvalue weighted by molar-refractivity contribution is 5.78. The highest BCUT2D eigenvalue weighted by atomic mass is 16.3. The quantitative estimate of drug-likeness (QED) is 0.834. The molecular weight excluding hydrogens is 312 g/mol. The fraction of sp³-hybridized carbons (Fsp3) is 0.476. The molecule has 1 aromatic carbocycles. The molecule has 2 heterocycles. The van der Waals surface area contributed by atoms with E-state index in [1.54, 1.807) is 0 Å². The van der Waals surface area contributed by atoms with E-state index in [1.165, 1.54) is 12.0 Å². The van der Waals surface area contributed by atoms with Crippen LogP contribution in [0.2, 0.25) is 0 Å². The number of amides is 1. The van der Waals surface area contributed by atoms with Gasteiger partial charge >= 0.3 is 0 Å². The summed E-state index contributed by atoms with van der Waals surface area (Å²) in [6, 6.07) is 14.7. The van der Waals surface area contributed by atoms with Crippen molar-refractivity contribution in [3.63, 3.8) is 0 Å². The molecule has 4 heteroatoms. The third kappa shape index (κ3) is 3.79. The fourth-order valence-corrected chi connectivity index (χ4v) is 3.72. The van der Waals surface area contributed by atoms with E-state index in [4.69, 9.17) is 4.42 Å². The maximum absolute atomic E-state index is 12.0. The van der Waals surface area contributed by atoms with E-state index in [0.717, 1.165) is 36.9 Å². The van der Waals surface area contributed by atoms with Crippen molar-refractivity contribution in [1.29, 1.82) is 0 Å². The van der Waals surface area contributed by atoms with Gasteiger partial charge in [-0.25, -0.2) is 0 Å². The van der Waals surface area contributed by atoms with Crippen LogP contribution in [-0.4, -0.2) is 23.9 Å². The molecule has 2 aliphatic rings. The molecule has 0 radical (unpaired) electrons. The third-order valence-electron chi connectivity index (χ3n) is 5.46. The minimum absolute atomic E-state index is 0.122. The fourth-order valence-electron chi connectivity index (χ4n) is 3.72. The number of carbonyl (C=O) groups excluding carboxylic acids is 1. The highest BCUT2D eigenvalue weighted by Crippen LogP contribution is 2.47. The van der Waals surface area contributed by atoms with Crippen LogP contribution in [0.15, 0.2) is 46.9 Å². The SMILES string of the molecule is C[C@@H]1C[C@H]1c1ccc(CN[C@@H](CN2CCCC2=O)c2ccccc2)o1. The van der Waals surface area contributed by atoms with Crippen molar-refractivity contribution in [2.75, 3.05) is 13.1 Å². The molecule has 1 aliphatic carbocycles. The normalized spacial score (nSPS) is 23.9. The maximum atomic E-state index is 12.0. The highest BCUT2D eigenvalue weighted by Gasteiger charge is 2.36. The van der Waals surface area contributed by atoms with Crippen LogP contribution in [0, 0.1) is 5.92 Å². The first-order chi connectivity index (χ1) is 12.2. The summed E-state index contributed by atoms with van der Waals surface area (Å²) in [6.45, 7) is 4.54. The van der Waals surface area contributed by atoms with Crippen molar-refractivity contribution < 1.29 is 9.21 Å². The molecule has 1 aromatic heterocycles. The molecule has 0 spiro atoms. The Hall–Kier alpha value is -2.07. The summed E-state index contributed by atoms with van der Waals surface area (Å²) in [5.41, 5.74) is 1.21. The molecule has 132 valence electrons. The molecule has 25 heavy (non-hydrogen) atoms. The van der Waals surface area contributed by atoms with Crippen LogP contribution in [0.4, 0.5) is 0 Å². The van der Waals surface area contributed by atoms with Gasteiger partial charge in [0, 0.05) is 25.4 Å². The summed E-state index contributed by atoms with van der Waals surface area (Å²) in [5.74, 6) is 3.73. The van der Waals surface area contributed by atoms with E-state index in [9.17, 15) is 4.79 Å².